The summed E-state index contributed by atoms with van der Waals surface area (Å²) in [7, 11) is 0. The van der Waals surface area contributed by atoms with Gasteiger partial charge in [-0.05, 0) is 24.3 Å². The monoisotopic (exact) mass is 265 g/mol. The van der Waals surface area contributed by atoms with Gasteiger partial charge in [0, 0.05) is 6.07 Å². The van der Waals surface area contributed by atoms with Crippen LogP contribution in [-0.2, 0) is 5.11 Å². The third kappa shape index (κ3) is 2.67. The number of aromatic nitrogens is 1. The molecule has 0 fully saturated rings. The van der Waals surface area contributed by atoms with E-state index in [1.54, 1.807) is 0 Å². The van der Waals surface area contributed by atoms with Gasteiger partial charge in [-0.25, -0.2) is 4.98 Å². The maximum atomic E-state index is 10.9. The molecule has 1 radical (unpaired) electrons. The predicted molar refractivity (Wildman–Crippen MR) is 62.5 cm³/mol. The number of ether oxygens (including phenoxy) is 1. The molecule has 0 spiro atoms. The van der Waals surface area contributed by atoms with Crippen LogP contribution in [0.4, 0.5) is 5.69 Å². The van der Waals surface area contributed by atoms with Crippen molar-refractivity contribution in [2.24, 2.45) is 0 Å². The summed E-state index contributed by atoms with van der Waals surface area (Å²) in [4.78, 5) is 13.6. The molecule has 0 aliphatic carbocycles. The summed E-state index contributed by atoms with van der Waals surface area (Å²) in [5, 5.41) is 21.4. The van der Waals surface area contributed by atoms with Crippen molar-refractivity contribution in [1.29, 1.82) is 0 Å². The Labute approximate surface area is 107 Å². The van der Waals surface area contributed by atoms with E-state index in [0.29, 0.717) is 5.75 Å². The molecule has 18 heavy (non-hydrogen) atoms. The fraction of sp³-hybridized carbons (Fsp3) is 0. The Morgan fingerprint density at radius 3 is 2.50 bits per heavy atom. The molecule has 7 heteroatoms. The number of pyridine rings is 1. The number of halogens is 1. The SMILES string of the molecule is [O]c1ccc(Oc2ncc([N+](=O)[O-])cc2Cl)cc1. The number of hydrogen-bond acceptors (Lipinski definition) is 4. The molecule has 0 saturated carbocycles. The first-order valence-corrected chi connectivity index (χ1v) is 5.19. The van der Waals surface area contributed by atoms with Gasteiger partial charge in [0.1, 0.15) is 17.0 Å². The molecule has 0 N–H and O–H groups in total. The van der Waals surface area contributed by atoms with E-state index in [9.17, 15) is 15.2 Å². The van der Waals surface area contributed by atoms with Crippen molar-refractivity contribution >= 4 is 17.3 Å². The standard InChI is InChI=1S/C11H6ClN2O4/c12-10-5-7(14(16)17)6-13-11(10)18-9-3-1-8(15)2-4-9/h1-6H. The van der Waals surface area contributed by atoms with E-state index >= 15 is 0 Å². The van der Waals surface area contributed by atoms with Gasteiger partial charge in [-0.1, -0.05) is 11.6 Å². The summed E-state index contributed by atoms with van der Waals surface area (Å²) >= 11 is 5.80. The lowest BCUT2D eigenvalue weighted by Crippen LogP contribution is -1.93. The van der Waals surface area contributed by atoms with Crippen molar-refractivity contribution in [3.8, 4) is 17.4 Å². The van der Waals surface area contributed by atoms with Crippen LogP contribution in [-0.4, -0.2) is 9.91 Å². The van der Waals surface area contributed by atoms with Crippen molar-refractivity contribution in [2.45, 2.75) is 0 Å². The maximum absolute atomic E-state index is 10.9. The van der Waals surface area contributed by atoms with Crippen molar-refractivity contribution < 1.29 is 14.8 Å². The highest BCUT2D eigenvalue weighted by atomic mass is 35.5. The van der Waals surface area contributed by atoms with Crippen LogP contribution in [0.15, 0.2) is 36.5 Å². The van der Waals surface area contributed by atoms with Crippen LogP contribution in [0.5, 0.6) is 17.4 Å². The number of benzene rings is 1. The van der Waals surface area contributed by atoms with Crippen LogP contribution >= 0.6 is 11.6 Å². The molecular weight excluding hydrogens is 260 g/mol. The molecular formula is C11H6ClN2O4. The highest BCUT2D eigenvalue weighted by Crippen LogP contribution is 2.30. The van der Waals surface area contributed by atoms with E-state index in [2.05, 4.69) is 4.98 Å². The van der Waals surface area contributed by atoms with E-state index in [-0.39, 0.29) is 22.3 Å². The molecule has 0 bridgehead atoms. The van der Waals surface area contributed by atoms with Crippen LogP contribution in [0.1, 0.15) is 0 Å². The minimum atomic E-state index is -0.602. The quantitative estimate of drug-likeness (QED) is 0.627. The number of hydrogen-bond donors (Lipinski definition) is 0. The summed E-state index contributed by atoms with van der Waals surface area (Å²) in [5.41, 5.74) is -0.220. The highest BCUT2D eigenvalue weighted by molar-refractivity contribution is 6.32. The fourth-order valence-corrected chi connectivity index (χ4v) is 1.41. The molecule has 2 rings (SSSR count). The Morgan fingerprint density at radius 2 is 1.94 bits per heavy atom. The number of nitrogens with zero attached hydrogens (tertiary/aromatic N) is 2. The smallest absolute Gasteiger partial charge is 0.289 e. The molecule has 0 atom stereocenters. The van der Waals surface area contributed by atoms with Gasteiger partial charge in [0.05, 0.1) is 4.92 Å². The van der Waals surface area contributed by atoms with Crippen molar-refractivity contribution in [3.63, 3.8) is 0 Å². The molecule has 0 amide bonds. The van der Waals surface area contributed by atoms with E-state index in [1.807, 2.05) is 0 Å². The lowest BCUT2D eigenvalue weighted by molar-refractivity contribution is -0.385. The Kier molecular flexibility index (Phi) is 3.29. The average Bonchev–Trinajstić information content (AvgIpc) is 2.34. The van der Waals surface area contributed by atoms with Gasteiger partial charge in [0.2, 0.25) is 5.88 Å². The summed E-state index contributed by atoms with van der Waals surface area (Å²) in [6.07, 6.45) is 1.04. The molecule has 0 saturated heterocycles. The maximum Gasteiger partial charge on any atom is 0.289 e. The summed E-state index contributed by atoms with van der Waals surface area (Å²) in [6.45, 7) is 0. The van der Waals surface area contributed by atoms with E-state index < -0.39 is 4.92 Å². The van der Waals surface area contributed by atoms with E-state index in [1.165, 1.54) is 24.3 Å². The van der Waals surface area contributed by atoms with Gasteiger partial charge in [-0.3, -0.25) is 15.2 Å². The molecule has 0 aliphatic rings. The third-order valence-electron chi connectivity index (χ3n) is 2.04. The van der Waals surface area contributed by atoms with Gasteiger partial charge < -0.3 is 4.74 Å². The molecule has 6 nitrogen and oxygen atoms in total. The van der Waals surface area contributed by atoms with Crippen LogP contribution < -0.4 is 4.74 Å². The van der Waals surface area contributed by atoms with Crippen molar-refractivity contribution in [1.82, 2.24) is 4.98 Å². The zero-order chi connectivity index (χ0) is 13.1. The lowest BCUT2D eigenvalue weighted by Gasteiger charge is -2.05. The summed E-state index contributed by atoms with van der Waals surface area (Å²) < 4.78 is 5.29. The Bertz CT molecular complexity index is 586. The molecule has 0 unspecified atom stereocenters. The molecule has 0 aliphatic heterocycles. The zero-order valence-electron chi connectivity index (χ0n) is 8.87. The normalized spacial score (nSPS) is 10.1. The number of rotatable bonds is 3. The molecule has 91 valence electrons. The van der Waals surface area contributed by atoms with Gasteiger partial charge in [-0.2, -0.15) is 0 Å². The first kappa shape index (κ1) is 12.1. The molecule has 1 aromatic heterocycles. The second kappa shape index (κ2) is 4.89. The topological polar surface area (TPSA) is 85.2 Å². The summed E-state index contributed by atoms with van der Waals surface area (Å²) in [5.74, 6) is 0.267. The highest BCUT2D eigenvalue weighted by Gasteiger charge is 2.12. The van der Waals surface area contributed by atoms with Crippen LogP contribution in [0.2, 0.25) is 5.02 Å². The van der Waals surface area contributed by atoms with Crippen molar-refractivity contribution in [3.05, 3.63) is 51.7 Å². The fourth-order valence-electron chi connectivity index (χ4n) is 1.21. The lowest BCUT2D eigenvalue weighted by atomic mass is 10.3. The Morgan fingerprint density at radius 1 is 1.28 bits per heavy atom. The van der Waals surface area contributed by atoms with Crippen LogP contribution in [0, 0.1) is 10.1 Å². The molecule has 1 aromatic carbocycles. The van der Waals surface area contributed by atoms with E-state index in [4.69, 9.17) is 16.3 Å². The minimum absolute atomic E-state index is 0.0235. The summed E-state index contributed by atoms with van der Waals surface area (Å²) in [6, 6.07) is 6.72. The van der Waals surface area contributed by atoms with Gasteiger partial charge >= 0.3 is 0 Å². The second-order valence-corrected chi connectivity index (χ2v) is 3.72. The number of nitro groups is 1. The second-order valence-electron chi connectivity index (χ2n) is 3.31. The van der Waals surface area contributed by atoms with Crippen LogP contribution in [0.25, 0.3) is 0 Å². The van der Waals surface area contributed by atoms with E-state index in [0.717, 1.165) is 12.3 Å². The van der Waals surface area contributed by atoms with Gasteiger partial charge in [-0.15, -0.1) is 0 Å². The van der Waals surface area contributed by atoms with Crippen LogP contribution in [0.3, 0.4) is 0 Å². The first-order chi connectivity index (χ1) is 8.56. The average molecular weight is 266 g/mol. The zero-order valence-corrected chi connectivity index (χ0v) is 9.63. The third-order valence-corrected chi connectivity index (χ3v) is 2.31. The first-order valence-electron chi connectivity index (χ1n) is 4.81. The minimum Gasteiger partial charge on any atom is -0.438 e. The van der Waals surface area contributed by atoms with Gasteiger partial charge in [0.25, 0.3) is 5.69 Å². The molecule has 2 aromatic rings. The van der Waals surface area contributed by atoms with Crippen molar-refractivity contribution in [2.75, 3.05) is 0 Å². The Hall–Kier alpha value is -2.34. The molecule has 1 heterocycles. The van der Waals surface area contributed by atoms with Gasteiger partial charge in [0.15, 0.2) is 5.75 Å². The predicted octanol–water partition coefficient (Wildman–Crippen LogP) is 3.58. The Balaban J connectivity index is 2.24. The largest absolute Gasteiger partial charge is 0.438 e.